The van der Waals surface area contributed by atoms with Crippen LogP contribution in [0.25, 0.3) is 10.9 Å². The number of nitrogens with zero attached hydrogens (tertiary/aromatic N) is 3. The molecule has 7 nitrogen and oxygen atoms in total. The summed E-state index contributed by atoms with van der Waals surface area (Å²) in [5, 5.41) is 3.92. The normalized spacial score (nSPS) is 18.2. The highest BCUT2D eigenvalue weighted by molar-refractivity contribution is 6.10. The quantitative estimate of drug-likeness (QED) is 0.521. The van der Waals surface area contributed by atoms with Crippen LogP contribution in [0, 0.1) is 6.92 Å². The van der Waals surface area contributed by atoms with Gasteiger partial charge in [0.05, 0.1) is 22.5 Å². The van der Waals surface area contributed by atoms with Crippen LogP contribution in [0.1, 0.15) is 48.3 Å². The van der Waals surface area contributed by atoms with Gasteiger partial charge < -0.3 is 20.7 Å². The Morgan fingerprint density at radius 2 is 1.86 bits per heavy atom. The lowest BCUT2D eigenvalue weighted by Crippen LogP contribution is -2.42. The zero-order valence-corrected chi connectivity index (χ0v) is 19.7. The number of anilines is 3. The van der Waals surface area contributed by atoms with E-state index in [-0.39, 0.29) is 11.6 Å². The predicted molar refractivity (Wildman–Crippen MR) is 127 cm³/mol. The first kappa shape index (κ1) is 23.3. The van der Waals surface area contributed by atoms with Crippen LogP contribution in [0.15, 0.2) is 30.3 Å². The number of benzene rings is 2. The van der Waals surface area contributed by atoms with Gasteiger partial charge in [0.2, 0.25) is 5.91 Å². The summed E-state index contributed by atoms with van der Waals surface area (Å²) < 4.78 is 45.4. The molecule has 1 saturated heterocycles. The van der Waals surface area contributed by atoms with Crippen LogP contribution in [0.4, 0.5) is 30.4 Å². The Balaban J connectivity index is 1.58. The standard InChI is InChI=1S/C25H26F3N5O2/c1-13(15-8-16(25(26,27)28)10-17(29)9-15)30-22-18-11-21-19(12-20(18)31-14(2)32-22)24(23(34)33(21)3)4-6-35-7-5-24/h8-13H,4-7,29H2,1-3H3,(H,30,31,32)/t13-/m1/s1. The predicted octanol–water partition coefficient (Wildman–Crippen LogP) is 4.74. The third kappa shape index (κ3) is 3.85. The molecule has 35 heavy (non-hydrogen) atoms. The average molecular weight is 486 g/mol. The van der Waals surface area contributed by atoms with E-state index >= 15 is 0 Å². The fourth-order valence-electron chi connectivity index (χ4n) is 5.18. The Hall–Kier alpha value is -3.40. The van der Waals surface area contributed by atoms with Gasteiger partial charge in [0.25, 0.3) is 0 Å². The number of aromatic nitrogens is 2. The molecule has 0 unspecified atom stereocenters. The van der Waals surface area contributed by atoms with Crippen LogP contribution < -0.4 is 16.0 Å². The SMILES string of the molecule is Cc1nc(N[C@H](C)c2cc(N)cc(C(F)(F)F)c2)c2cc3c(cc2n1)C1(CCOCC1)C(=O)N3C. The van der Waals surface area contributed by atoms with Gasteiger partial charge in [-0.05, 0) is 68.1 Å². The Labute approximate surface area is 200 Å². The third-order valence-corrected chi connectivity index (χ3v) is 7.02. The van der Waals surface area contributed by atoms with Gasteiger partial charge in [-0.3, -0.25) is 4.79 Å². The first-order valence-electron chi connectivity index (χ1n) is 11.4. The van der Waals surface area contributed by atoms with E-state index in [2.05, 4.69) is 15.3 Å². The van der Waals surface area contributed by atoms with Crippen LogP contribution in [0.3, 0.4) is 0 Å². The van der Waals surface area contributed by atoms with E-state index in [9.17, 15) is 18.0 Å². The molecule has 1 amide bonds. The lowest BCUT2D eigenvalue weighted by atomic mass is 9.75. The molecular formula is C25H26F3N5O2. The van der Waals surface area contributed by atoms with Crippen molar-refractivity contribution >= 4 is 34.0 Å². The van der Waals surface area contributed by atoms with Crippen molar-refractivity contribution < 1.29 is 22.7 Å². The molecule has 3 heterocycles. The maximum atomic E-state index is 13.3. The summed E-state index contributed by atoms with van der Waals surface area (Å²) in [6.45, 7) is 4.54. The number of hydrogen-bond acceptors (Lipinski definition) is 6. The second-order valence-electron chi connectivity index (χ2n) is 9.32. The van der Waals surface area contributed by atoms with Gasteiger partial charge in [-0.2, -0.15) is 13.2 Å². The Kier molecular flexibility index (Phi) is 5.39. The number of fused-ring (bicyclic) bond motifs is 3. The molecule has 184 valence electrons. The molecule has 10 heteroatoms. The number of alkyl halides is 3. The lowest BCUT2D eigenvalue weighted by Gasteiger charge is -2.32. The second kappa shape index (κ2) is 8.08. The minimum atomic E-state index is -4.50. The molecule has 1 aromatic heterocycles. The van der Waals surface area contributed by atoms with Crippen molar-refractivity contribution in [2.75, 3.05) is 36.2 Å². The highest BCUT2D eigenvalue weighted by Crippen LogP contribution is 2.49. The van der Waals surface area contributed by atoms with Gasteiger partial charge in [0.1, 0.15) is 11.6 Å². The van der Waals surface area contributed by atoms with Crippen molar-refractivity contribution in [2.45, 2.75) is 44.3 Å². The molecule has 1 atom stereocenters. The Morgan fingerprint density at radius 1 is 1.14 bits per heavy atom. The molecule has 0 saturated carbocycles. The van der Waals surface area contributed by atoms with Crippen molar-refractivity contribution in [1.29, 1.82) is 0 Å². The Morgan fingerprint density at radius 3 is 2.54 bits per heavy atom. The smallest absolute Gasteiger partial charge is 0.399 e. The number of carbonyl (C=O) groups is 1. The molecule has 2 aromatic carbocycles. The largest absolute Gasteiger partial charge is 0.416 e. The van der Waals surface area contributed by atoms with E-state index in [0.717, 1.165) is 23.4 Å². The molecule has 3 N–H and O–H groups in total. The second-order valence-corrected chi connectivity index (χ2v) is 9.32. The van der Waals surface area contributed by atoms with Crippen molar-refractivity contribution in [1.82, 2.24) is 9.97 Å². The van der Waals surface area contributed by atoms with E-state index in [4.69, 9.17) is 10.5 Å². The van der Waals surface area contributed by atoms with E-state index in [1.54, 1.807) is 25.8 Å². The number of amides is 1. The van der Waals surface area contributed by atoms with Gasteiger partial charge in [-0.1, -0.05) is 0 Å². The van der Waals surface area contributed by atoms with Crippen LogP contribution >= 0.6 is 0 Å². The molecular weight excluding hydrogens is 459 g/mol. The highest BCUT2D eigenvalue weighted by Gasteiger charge is 2.50. The monoisotopic (exact) mass is 485 g/mol. The lowest BCUT2D eigenvalue weighted by molar-refractivity contribution is -0.137. The first-order chi connectivity index (χ1) is 16.5. The summed E-state index contributed by atoms with van der Waals surface area (Å²) in [7, 11) is 1.76. The van der Waals surface area contributed by atoms with Crippen LogP contribution in [0.2, 0.25) is 0 Å². The zero-order valence-electron chi connectivity index (χ0n) is 19.7. The number of carbonyl (C=O) groups excluding carboxylic acids is 1. The zero-order chi connectivity index (χ0) is 25.1. The number of rotatable bonds is 3. The fraction of sp³-hybridized carbons (Fsp3) is 0.400. The molecule has 0 radical (unpaired) electrons. The Bertz CT molecular complexity index is 1330. The topological polar surface area (TPSA) is 93.4 Å². The molecule has 1 spiro atoms. The number of nitrogens with two attached hydrogens (primary N) is 1. The van der Waals surface area contributed by atoms with Crippen molar-refractivity contribution in [2.24, 2.45) is 0 Å². The van der Waals surface area contributed by atoms with Gasteiger partial charge >= 0.3 is 6.18 Å². The number of nitrogens with one attached hydrogen (secondary N) is 1. The fourth-order valence-corrected chi connectivity index (χ4v) is 5.18. The minimum absolute atomic E-state index is 0.0342. The van der Waals surface area contributed by atoms with Crippen molar-refractivity contribution in [3.63, 3.8) is 0 Å². The van der Waals surface area contributed by atoms with Crippen molar-refractivity contribution in [3.05, 3.63) is 52.8 Å². The maximum Gasteiger partial charge on any atom is 0.416 e. The summed E-state index contributed by atoms with van der Waals surface area (Å²) in [6, 6.07) is 6.84. The van der Waals surface area contributed by atoms with Crippen LogP contribution in [0.5, 0.6) is 0 Å². The van der Waals surface area contributed by atoms with E-state index in [0.29, 0.717) is 54.2 Å². The number of likely N-dealkylation sites (N-methyl/N-ethyl adjacent to an activating group) is 1. The van der Waals surface area contributed by atoms with E-state index in [1.165, 1.54) is 6.07 Å². The molecule has 0 aliphatic carbocycles. The molecule has 0 bridgehead atoms. The number of nitrogen functional groups attached to an aromatic ring is 1. The maximum absolute atomic E-state index is 13.3. The first-order valence-corrected chi connectivity index (χ1v) is 11.4. The summed E-state index contributed by atoms with van der Waals surface area (Å²) in [5.41, 5.74) is 7.15. The average Bonchev–Trinajstić information content (AvgIpc) is 2.99. The molecule has 1 fully saturated rings. The summed E-state index contributed by atoms with van der Waals surface area (Å²) in [4.78, 5) is 24.1. The van der Waals surface area contributed by atoms with Gasteiger partial charge in [0.15, 0.2) is 0 Å². The summed E-state index contributed by atoms with van der Waals surface area (Å²) >= 11 is 0. The molecule has 3 aromatic rings. The third-order valence-electron chi connectivity index (χ3n) is 7.02. The summed E-state index contributed by atoms with van der Waals surface area (Å²) in [6.07, 6.45) is -3.28. The number of aryl methyl sites for hydroxylation is 1. The number of halogens is 3. The van der Waals surface area contributed by atoms with Crippen molar-refractivity contribution in [3.8, 4) is 0 Å². The molecule has 5 rings (SSSR count). The van der Waals surface area contributed by atoms with Crippen LogP contribution in [-0.2, 0) is 21.1 Å². The van der Waals surface area contributed by atoms with Gasteiger partial charge in [-0.25, -0.2) is 9.97 Å². The van der Waals surface area contributed by atoms with E-state index in [1.807, 2.05) is 12.1 Å². The van der Waals surface area contributed by atoms with Gasteiger partial charge in [0, 0.05) is 37.0 Å². The summed E-state index contributed by atoms with van der Waals surface area (Å²) in [5.74, 6) is 1.03. The van der Waals surface area contributed by atoms with Crippen LogP contribution in [-0.4, -0.2) is 36.1 Å². The minimum Gasteiger partial charge on any atom is -0.399 e. The molecule has 2 aliphatic heterocycles. The number of ether oxygens (including phenoxy) is 1. The van der Waals surface area contributed by atoms with E-state index < -0.39 is 23.2 Å². The van der Waals surface area contributed by atoms with Gasteiger partial charge in [-0.15, -0.1) is 0 Å². The molecule has 2 aliphatic rings. The number of hydrogen-bond donors (Lipinski definition) is 2. The highest BCUT2D eigenvalue weighted by atomic mass is 19.4.